The van der Waals surface area contributed by atoms with Gasteiger partial charge >= 0.3 is 0 Å². The molecule has 14 heavy (non-hydrogen) atoms. The van der Waals surface area contributed by atoms with Crippen LogP contribution in [0.15, 0.2) is 22.8 Å². The fraction of sp³-hybridized carbons (Fsp3) is 0.300. The van der Waals surface area contributed by atoms with Gasteiger partial charge in [-0.05, 0) is 30.2 Å². The Hall–Kier alpha value is -0.740. The molecule has 0 amide bonds. The summed E-state index contributed by atoms with van der Waals surface area (Å²) in [6.45, 7) is 0. The predicted molar refractivity (Wildman–Crippen MR) is 60.9 cm³/mol. The van der Waals surface area contributed by atoms with Gasteiger partial charge < -0.3 is 4.98 Å². The number of aromatic nitrogens is 2. The van der Waals surface area contributed by atoms with E-state index in [9.17, 15) is 0 Å². The summed E-state index contributed by atoms with van der Waals surface area (Å²) in [5, 5.41) is 0. The van der Waals surface area contributed by atoms with E-state index < -0.39 is 0 Å². The molecule has 0 saturated heterocycles. The monoisotopic (exact) mass is 222 g/mol. The van der Waals surface area contributed by atoms with Crippen LogP contribution in [-0.4, -0.2) is 15.7 Å². The smallest absolute Gasteiger partial charge is 0.0924 e. The maximum absolute atomic E-state index is 4.05. The minimum atomic E-state index is 1.14. The third kappa shape index (κ3) is 1.38. The van der Waals surface area contributed by atoms with Crippen LogP contribution in [0.2, 0.25) is 0 Å². The van der Waals surface area contributed by atoms with E-state index in [-0.39, 0.29) is 0 Å². The number of aryl methyl sites for hydroxylation is 1. The van der Waals surface area contributed by atoms with Crippen molar-refractivity contribution in [3.05, 3.63) is 24.2 Å². The number of nitrogens with one attached hydrogen (secondary N) is 1. The number of imidazole rings is 1. The van der Waals surface area contributed by atoms with E-state index in [0.717, 1.165) is 5.69 Å². The number of fused-ring (bicyclic) bond motifs is 1. The molecule has 3 rings (SSSR count). The zero-order chi connectivity index (χ0) is 9.38. The molecule has 0 aromatic carbocycles. The Bertz CT molecular complexity index is 407. The lowest BCUT2D eigenvalue weighted by molar-refractivity contribution is 0.905. The van der Waals surface area contributed by atoms with Crippen LogP contribution in [0.1, 0.15) is 12.0 Å². The first-order valence-electron chi connectivity index (χ1n) is 4.68. The van der Waals surface area contributed by atoms with Crippen molar-refractivity contribution in [1.29, 1.82) is 0 Å². The molecule has 2 nitrogen and oxygen atoms in total. The van der Waals surface area contributed by atoms with Gasteiger partial charge in [-0.15, -0.1) is 23.1 Å². The van der Waals surface area contributed by atoms with Gasteiger partial charge in [0.25, 0.3) is 0 Å². The van der Waals surface area contributed by atoms with Crippen molar-refractivity contribution in [2.24, 2.45) is 0 Å². The second-order valence-corrected chi connectivity index (χ2v) is 5.76. The third-order valence-corrected chi connectivity index (χ3v) is 4.98. The van der Waals surface area contributed by atoms with E-state index in [2.05, 4.69) is 16.0 Å². The van der Waals surface area contributed by atoms with Crippen LogP contribution in [0.3, 0.4) is 0 Å². The number of rotatable bonds is 1. The van der Waals surface area contributed by atoms with Gasteiger partial charge in [-0.2, -0.15) is 0 Å². The highest BCUT2D eigenvalue weighted by molar-refractivity contribution is 8.01. The Labute approximate surface area is 90.8 Å². The zero-order valence-electron chi connectivity index (χ0n) is 7.62. The quantitative estimate of drug-likeness (QED) is 0.802. The molecule has 0 unspecified atom stereocenters. The first-order chi connectivity index (χ1) is 6.93. The van der Waals surface area contributed by atoms with E-state index in [4.69, 9.17) is 0 Å². The van der Waals surface area contributed by atoms with Crippen LogP contribution in [0, 0.1) is 0 Å². The molecule has 0 aliphatic carbocycles. The summed E-state index contributed by atoms with van der Waals surface area (Å²) in [6, 6.07) is 2.31. The second-order valence-electron chi connectivity index (χ2n) is 3.34. The molecule has 1 N–H and O–H groups in total. The average molecular weight is 222 g/mol. The number of H-pyrrole nitrogens is 1. The largest absolute Gasteiger partial charge is 0.344 e. The number of thioether (sulfide) groups is 1. The molecule has 2 aromatic heterocycles. The molecule has 3 heterocycles. The SMILES string of the molecule is c1ncc(-c2cc3c(s2)SCCC3)[nH]1. The molecule has 0 spiro atoms. The van der Waals surface area contributed by atoms with Crippen LogP contribution >= 0.6 is 23.1 Å². The number of nitrogens with zero attached hydrogens (tertiary/aromatic N) is 1. The van der Waals surface area contributed by atoms with Gasteiger partial charge in [0.15, 0.2) is 0 Å². The van der Waals surface area contributed by atoms with Crippen LogP contribution in [-0.2, 0) is 6.42 Å². The van der Waals surface area contributed by atoms with Crippen molar-refractivity contribution in [1.82, 2.24) is 9.97 Å². The van der Waals surface area contributed by atoms with Crippen molar-refractivity contribution in [2.75, 3.05) is 5.75 Å². The molecule has 0 saturated carbocycles. The van der Waals surface area contributed by atoms with Crippen LogP contribution < -0.4 is 0 Å². The standard InChI is InChI=1S/C10H10N2S2/c1-2-7-4-9(8-5-11-6-12-8)14-10(7)13-3-1/h4-6H,1-3H2,(H,11,12). The minimum Gasteiger partial charge on any atom is -0.344 e. The van der Waals surface area contributed by atoms with E-state index >= 15 is 0 Å². The molecule has 0 bridgehead atoms. The summed E-state index contributed by atoms with van der Waals surface area (Å²) in [5.41, 5.74) is 2.67. The van der Waals surface area contributed by atoms with Crippen molar-refractivity contribution in [2.45, 2.75) is 17.1 Å². The Morgan fingerprint density at radius 3 is 3.21 bits per heavy atom. The van der Waals surface area contributed by atoms with E-state index in [1.807, 2.05) is 29.3 Å². The van der Waals surface area contributed by atoms with E-state index in [1.54, 1.807) is 6.33 Å². The molecule has 1 aliphatic rings. The highest BCUT2D eigenvalue weighted by atomic mass is 32.2. The summed E-state index contributed by atoms with van der Waals surface area (Å²) in [5.74, 6) is 1.27. The number of aromatic amines is 1. The maximum Gasteiger partial charge on any atom is 0.0924 e. The second kappa shape index (κ2) is 3.44. The Morgan fingerprint density at radius 2 is 2.43 bits per heavy atom. The number of hydrogen-bond donors (Lipinski definition) is 1. The van der Waals surface area contributed by atoms with Crippen LogP contribution in [0.5, 0.6) is 0 Å². The maximum atomic E-state index is 4.05. The molecule has 4 heteroatoms. The minimum absolute atomic E-state index is 1.14. The first-order valence-corrected chi connectivity index (χ1v) is 6.48. The van der Waals surface area contributed by atoms with Gasteiger partial charge in [0, 0.05) is 0 Å². The number of thiophene rings is 1. The summed E-state index contributed by atoms with van der Waals surface area (Å²) in [7, 11) is 0. The normalized spacial score (nSPS) is 15.4. The van der Waals surface area contributed by atoms with Crippen molar-refractivity contribution < 1.29 is 0 Å². The van der Waals surface area contributed by atoms with Gasteiger partial charge in [0.05, 0.1) is 27.3 Å². The molecule has 0 fully saturated rings. The van der Waals surface area contributed by atoms with Gasteiger partial charge in [-0.25, -0.2) is 4.98 Å². The summed E-state index contributed by atoms with van der Waals surface area (Å²) in [4.78, 5) is 8.52. The Morgan fingerprint density at radius 1 is 1.43 bits per heavy atom. The molecular formula is C10H10N2S2. The molecule has 0 atom stereocenters. The van der Waals surface area contributed by atoms with Gasteiger partial charge in [-0.1, -0.05) is 0 Å². The molecule has 72 valence electrons. The zero-order valence-corrected chi connectivity index (χ0v) is 9.25. The Balaban J connectivity index is 2.04. The van der Waals surface area contributed by atoms with Gasteiger partial charge in [-0.3, -0.25) is 0 Å². The summed E-state index contributed by atoms with van der Waals surface area (Å²) in [6.07, 6.45) is 6.19. The highest BCUT2D eigenvalue weighted by Crippen LogP contribution is 2.40. The van der Waals surface area contributed by atoms with Crippen molar-refractivity contribution in [3.63, 3.8) is 0 Å². The fourth-order valence-corrected chi connectivity index (χ4v) is 4.15. The fourth-order valence-electron chi connectivity index (χ4n) is 1.66. The lowest BCUT2D eigenvalue weighted by Gasteiger charge is -2.07. The average Bonchev–Trinajstić information content (AvgIpc) is 2.86. The van der Waals surface area contributed by atoms with Crippen LogP contribution in [0.4, 0.5) is 0 Å². The number of hydrogen-bond acceptors (Lipinski definition) is 3. The predicted octanol–water partition coefficient (Wildman–Crippen LogP) is 3.18. The highest BCUT2D eigenvalue weighted by Gasteiger charge is 2.14. The van der Waals surface area contributed by atoms with Crippen molar-refractivity contribution in [3.8, 4) is 10.6 Å². The topological polar surface area (TPSA) is 28.7 Å². The lowest BCUT2D eigenvalue weighted by atomic mass is 10.2. The first kappa shape index (κ1) is 8.56. The summed E-state index contributed by atoms with van der Waals surface area (Å²) >= 11 is 3.88. The van der Waals surface area contributed by atoms with E-state index in [0.29, 0.717) is 0 Å². The third-order valence-electron chi connectivity index (χ3n) is 2.36. The molecule has 2 aromatic rings. The Kier molecular flexibility index (Phi) is 2.10. The van der Waals surface area contributed by atoms with Gasteiger partial charge in [0.1, 0.15) is 0 Å². The molecule has 0 radical (unpaired) electrons. The lowest BCUT2D eigenvalue weighted by Crippen LogP contribution is -1.92. The summed E-state index contributed by atoms with van der Waals surface area (Å²) < 4.78 is 1.50. The van der Waals surface area contributed by atoms with E-state index in [1.165, 1.54) is 33.2 Å². The van der Waals surface area contributed by atoms with Gasteiger partial charge in [0.2, 0.25) is 0 Å². The molecule has 1 aliphatic heterocycles. The van der Waals surface area contributed by atoms with Crippen molar-refractivity contribution >= 4 is 23.1 Å². The molecular weight excluding hydrogens is 212 g/mol. The van der Waals surface area contributed by atoms with Crippen LogP contribution in [0.25, 0.3) is 10.6 Å².